The van der Waals surface area contributed by atoms with Crippen LogP contribution in [0.3, 0.4) is 0 Å². The zero-order chi connectivity index (χ0) is 9.26. The van der Waals surface area contributed by atoms with Gasteiger partial charge in [-0.05, 0) is 12.1 Å². The Kier molecular flexibility index (Phi) is 1.98. The summed E-state index contributed by atoms with van der Waals surface area (Å²) in [6.07, 6.45) is 2.17. The summed E-state index contributed by atoms with van der Waals surface area (Å²) in [7, 11) is 1.90. The predicted molar refractivity (Wildman–Crippen MR) is 47.8 cm³/mol. The molecule has 0 saturated heterocycles. The van der Waals surface area contributed by atoms with Gasteiger partial charge in [0.25, 0.3) is 0 Å². The number of fused-ring (bicyclic) bond motifs is 1. The van der Waals surface area contributed by atoms with E-state index in [0.29, 0.717) is 12.1 Å². The number of hydrogen-bond acceptors (Lipinski definition) is 2. The van der Waals surface area contributed by atoms with Crippen LogP contribution in [0, 0.1) is 0 Å². The van der Waals surface area contributed by atoms with E-state index >= 15 is 0 Å². The molecule has 0 aliphatic rings. The summed E-state index contributed by atoms with van der Waals surface area (Å²) in [5.74, 6) is 0.809. The third-order valence-corrected chi connectivity index (χ3v) is 2.08. The number of hydrogen-bond donors (Lipinski definition) is 0. The molecule has 0 aliphatic heterocycles. The van der Waals surface area contributed by atoms with Gasteiger partial charge >= 0.3 is 0 Å². The van der Waals surface area contributed by atoms with Gasteiger partial charge in [-0.25, -0.2) is 15.1 Å². The summed E-state index contributed by atoms with van der Waals surface area (Å²) in [5.41, 5.74) is 1.69. The lowest BCUT2D eigenvalue weighted by molar-refractivity contribution is 0.194. The highest BCUT2D eigenvalue weighted by Crippen LogP contribution is 2.11. The van der Waals surface area contributed by atoms with Gasteiger partial charge in [-0.3, -0.25) is 0 Å². The van der Waals surface area contributed by atoms with E-state index in [1.165, 1.54) is 0 Å². The summed E-state index contributed by atoms with van der Waals surface area (Å²) < 4.78 is 1.92. The molecule has 0 bridgehead atoms. The molecule has 2 heterocycles. The van der Waals surface area contributed by atoms with E-state index < -0.39 is 0 Å². The summed E-state index contributed by atoms with van der Waals surface area (Å²) in [5, 5.41) is 10.5. The number of imidazole rings is 1. The quantitative estimate of drug-likeness (QED) is 0.683. The molecule has 67 valence electrons. The van der Waals surface area contributed by atoms with Crippen molar-refractivity contribution >= 4 is 11.2 Å². The smallest absolute Gasteiger partial charge is 0.177 e. The van der Waals surface area contributed by atoms with Crippen molar-refractivity contribution in [2.45, 2.75) is 6.42 Å². The van der Waals surface area contributed by atoms with Gasteiger partial charge in [0.1, 0.15) is 5.82 Å². The first-order valence-corrected chi connectivity index (χ1v) is 4.17. The number of pyridine rings is 1. The van der Waals surface area contributed by atoms with Gasteiger partial charge in [-0.1, -0.05) is 0 Å². The minimum absolute atomic E-state index is 0.128. The highest BCUT2D eigenvalue weighted by Gasteiger charge is 2.06. The fraction of sp³-hybridized carbons (Fsp3) is 0.333. The molecular formula is C9H10N3O. The van der Waals surface area contributed by atoms with Gasteiger partial charge in [-0.15, -0.1) is 0 Å². The molecule has 2 aromatic heterocycles. The lowest BCUT2D eigenvalue weighted by Crippen LogP contribution is -1.99. The SMILES string of the molecule is Cn1c(CC[O])nc2ncccc21. The van der Waals surface area contributed by atoms with Crippen molar-refractivity contribution in [1.82, 2.24) is 14.5 Å². The Morgan fingerprint density at radius 1 is 1.54 bits per heavy atom. The van der Waals surface area contributed by atoms with E-state index in [-0.39, 0.29) is 6.61 Å². The molecule has 4 nitrogen and oxygen atoms in total. The van der Waals surface area contributed by atoms with E-state index in [9.17, 15) is 5.11 Å². The zero-order valence-electron chi connectivity index (χ0n) is 7.40. The van der Waals surface area contributed by atoms with Crippen LogP contribution in [0.15, 0.2) is 18.3 Å². The van der Waals surface area contributed by atoms with Crippen LogP contribution in [0.25, 0.3) is 11.2 Å². The van der Waals surface area contributed by atoms with Crippen molar-refractivity contribution in [2.75, 3.05) is 6.61 Å². The number of rotatable bonds is 2. The summed E-state index contributed by atoms with van der Waals surface area (Å²) in [6, 6.07) is 3.81. The summed E-state index contributed by atoms with van der Waals surface area (Å²) >= 11 is 0. The Labute approximate surface area is 75.9 Å². The van der Waals surface area contributed by atoms with Crippen LogP contribution >= 0.6 is 0 Å². The number of aromatic nitrogens is 3. The highest BCUT2D eigenvalue weighted by molar-refractivity contribution is 5.71. The van der Waals surface area contributed by atoms with Gasteiger partial charge in [0.05, 0.1) is 12.1 Å². The van der Waals surface area contributed by atoms with Crippen LogP contribution in [0.4, 0.5) is 0 Å². The van der Waals surface area contributed by atoms with Crippen LogP contribution in [0.5, 0.6) is 0 Å². The second kappa shape index (κ2) is 3.14. The number of nitrogens with zero attached hydrogens (tertiary/aromatic N) is 3. The minimum Gasteiger partial charge on any atom is -0.330 e. The van der Waals surface area contributed by atoms with Crippen molar-refractivity contribution < 1.29 is 5.11 Å². The van der Waals surface area contributed by atoms with Crippen molar-refractivity contribution in [3.8, 4) is 0 Å². The summed E-state index contributed by atoms with van der Waals surface area (Å²) in [4.78, 5) is 8.36. The monoisotopic (exact) mass is 176 g/mol. The van der Waals surface area contributed by atoms with Crippen molar-refractivity contribution in [2.24, 2.45) is 7.05 Å². The number of aryl methyl sites for hydroxylation is 1. The van der Waals surface area contributed by atoms with E-state index in [1.54, 1.807) is 6.20 Å². The van der Waals surface area contributed by atoms with Crippen molar-refractivity contribution in [1.29, 1.82) is 0 Å². The maximum atomic E-state index is 10.5. The van der Waals surface area contributed by atoms with Crippen LogP contribution in [-0.4, -0.2) is 21.1 Å². The maximum absolute atomic E-state index is 10.5. The second-order valence-electron chi connectivity index (χ2n) is 2.89. The van der Waals surface area contributed by atoms with Crippen LogP contribution in [0.2, 0.25) is 0 Å². The molecule has 0 atom stereocenters. The molecule has 0 amide bonds. The van der Waals surface area contributed by atoms with Crippen molar-refractivity contribution in [3.05, 3.63) is 24.2 Å². The van der Waals surface area contributed by atoms with Crippen LogP contribution < -0.4 is 0 Å². The minimum atomic E-state index is -0.128. The second-order valence-corrected chi connectivity index (χ2v) is 2.89. The molecule has 0 fully saturated rings. The Bertz CT molecular complexity index is 422. The largest absolute Gasteiger partial charge is 0.330 e. The third kappa shape index (κ3) is 1.29. The van der Waals surface area contributed by atoms with Gasteiger partial charge in [0, 0.05) is 19.7 Å². The van der Waals surface area contributed by atoms with Crippen LogP contribution in [0.1, 0.15) is 5.82 Å². The predicted octanol–water partition coefficient (Wildman–Crippen LogP) is 0.941. The normalized spacial score (nSPS) is 10.9. The van der Waals surface area contributed by atoms with Crippen LogP contribution in [-0.2, 0) is 18.6 Å². The lowest BCUT2D eigenvalue weighted by Gasteiger charge is -1.97. The van der Waals surface area contributed by atoms with Gasteiger partial charge in [0.2, 0.25) is 0 Å². The molecule has 13 heavy (non-hydrogen) atoms. The Morgan fingerprint density at radius 3 is 3.08 bits per heavy atom. The molecule has 0 saturated carbocycles. The van der Waals surface area contributed by atoms with E-state index in [2.05, 4.69) is 9.97 Å². The van der Waals surface area contributed by atoms with E-state index in [4.69, 9.17) is 0 Å². The average Bonchev–Trinajstić information content (AvgIpc) is 2.46. The molecule has 0 spiro atoms. The maximum Gasteiger partial charge on any atom is 0.177 e. The standard InChI is InChI=1S/C9H10N3O/c1-12-7-3-2-5-10-9(7)11-8(12)4-6-13/h2-3,5H,4,6H2,1H3. The van der Waals surface area contributed by atoms with Crippen molar-refractivity contribution in [3.63, 3.8) is 0 Å². The Morgan fingerprint density at radius 2 is 2.38 bits per heavy atom. The molecule has 0 aliphatic carbocycles. The lowest BCUT2D eigenvalue weighted by atomic mass is 10.4. The molecule has 4 heteroatoms. The molecule has 1 radical (unpaired) electrons. The van der Waals surface area contributed by atoms with E-state index in [0.717, 1.165) is 11.3 Å². The zero-order valence-corrected chi connectivity index (χ0v) is 7.40. The van der Waals surface area contributed by atoms with Gasteiger partial charge < -0.3 is 4.57 Å². The Hall–Kier alpha value is -1.42. The van der Waals surface area contributed by atoms with E-state index in [1.807, 2.05) is 23.7 Å². The molecular weight excluding hydrogens is 166 g/mol. The molecule has 0 aromatic carbocycles. The molecule has 0 N–H and O–H groups in total. The summed E-state index contributed by atoms with van der Waals surface area (Å²) in [6.45, 7) is -0.128. The molecule has 2 aromatic rings. The third-order valence-electron chi connectivity index (χ3n) is 2.08. The first-order valence-electron chi connectivity index (χ1n) is 4.17. The Balaban J connectivity index is 2.60. The first kappa shape index (κ1) is 8.19. The molecule has 0 unspecified atom stereocenters. The molecule has 2 rings (SSSR count). The van der Waals surface area contributed by atoms with Gasteiger partial charge in [-0.2, -0.15) is 0 Å². The first-order chi connectivity index (χ1) is 6.33. The average molecular weight is 176 g/mol. The van der Waals surface area contributed by atoms with Gasteiger partial charge in [0.15, 0.2) is 5.65 Å². The fourth-order valence-electron chi connectivity index (χ4n) is 1.39. The highest BCUT2D eigenvalue weighted by atomic mass is 16.3. The fourth-order valence-corrected chi connectivity index (χ4v) is 1.39. The topological polar surface area (TPSA) is 50.6 Å².